The Morgan fingerprint density at radius 1 is 0.909 bits per heavy atom. The number of benzene rings is 2. The first-order valence-corrected chi connectivity index (χ1v) is 11.9. The van der Waals surface area contributed by atoms with Crippen molar-refractivity contribution < 1.29 is 14.2 Å². The Hall–Kier alpha value is -3.35. The van der Waals surface area contributed by atoms with E-state index in [0.717, 1.165) is 45.7 Å². The molecule has 2 aliphatic rings. The smallest absolute Gasteiger partial charge is 0.181 e. The van der Waals surface area contributed by atoms with Gasteiger partial charge in [-0.25, -0.2) is 0 Å². The number of epoxide rings is 1. The van der Waals surface area contributed by atoms with Gasteiger partial charge in [-0.15, -0.1) is 11.3 Å². The van der Waals surface area contributed by atoms with Crippen molar-refractivity contribution in [3.8, 4) is 11.5 Å². The van der Waals surface area contributed by atoms with E-state index in [1.165, 1.54) is 5.56 Å². The number of para-hydroxylation sites is 1. The lowest BCUT2D eigenvalue weighted by molar-refractivity contribution is 0.173. The Morgan fingerprint density at radius 3 is 2.24 bits per heavy atom. The second-order valence-corrected chi connectivity index (χ2v) is 8.89. The fraction of sp³-hybridized carbons (Fsp3) is 0.222. The zero-order valence-corrected chi connectivity index (χ0v) is 19.3. The van der Waals surface area contributed by atoms with Gasteiger partial charge in [-0.1, -0.05) is 60.7 Å². The summed E-state index contributed by atoms with van der Waals surface area (Å²) in [5.41, 5.74) is 3.36. The van der Waals surface area contributed by atoms with Gasteiger partial charge in [0.25, 0.3) is 0 Å². The molecular weight excluding hydrogens is 432 g/mol. The number of fused-ring (bicyclic) bond motifs is 1. The number of nitrogens with zero attached hydrogens (tertiary/aromatic N) is 2. The van der Waals surface area contributed by atoms with Crippen LogP contribution < -0.4 is 14.5 Å². The van der Waals surface area contributed by atoms with Crippen LogP contribution in [0.25, 0.3) is 18.2 Å². The molecule has 3 aromatic rings. The predicted molar refractivity (Wildman–Crippen MR) is 137 cm³/mol. The van der Waals surface area contributed by atoms with Gasteiger partial charge in [0.2, 0.25) is 0 Å². The van der Waals surface area contributed by atoms with E-state index in [0.29, 0.717) is 13.2 Å². The highest BCUT2D eigenvalue weighted by Crippen LogP contribution is 2.44. The summed E-state index contributed by atoms with van der Waals surface area (Å²) in [5.74, 6) is 1.57. The fourth-order valence-electron chi connectivity index (χ4n) is 3.58. The summed E-state index contributed by atoms with van der Waals surface area (Å²) in [7, 11) is 0. The van der Waals surface area contributed by atoms with Crippen LogP contribution in [-0.2, 0) is 4.74 Å². The van der Waals surface area contributed by atoms with E-state index < -0.39 is 0 Å². The van der Waals surface area contributed by atoms with Crippen LogP contribution in [0.5, 0.6) is 11.5 Å². The van der Waals surface area contributed by atoms with Gasteiger partial charge in [-0.3, -0.25) is 5.01 Å². The SMILES string of the molecule is CC=Cc1ccc(C=Cc2sc(C=NN(CC3CO3)c3ccccc3)c3c2OCCO3)cc1. The summed E-state index contributed by atoms with van der Waals surface area (Å²) in [6, 6.07) is 18.6. The maximum Gasteiger partial charge on any atom is 0.181 e. The van der Waals surface area contributed by atoms with Crippen LogP contribution in [0.2, 0.25) is 0 Å². The third-order valence-corrected chi connectivity index (χ3v) is 6.37. The Balaban J connectivity index is 1.40. The molecular formula is C27H26N2O3S. The molecule has 0 bridgehead atoms. The monoisotopic (exact) mass is 458 g/mol. The van der Waals surface area contributed by atoms with Gasteiger partial charge < -0.3 is 14.2 Å². The van der Waals surface area contributed by atoms with Crippen molar-refractivity contribution in [1.82, 2.24) is 0 Å². The van der Waals surface area contributed by atoms with Crippen LogP contribution in [-0.4, -0.2) is 38.7 Å². The number of rotatable bonds is 8. The topological polar surface area (TPSA) is 46.6 Å². The molecule has 1 fully saturated rings. The molecule has 5 nitrogen and oxygen atoms in total. The van der Waals surface area contributed by atoms with E-state index in [9.17, 15) is 0 Å². The number of allylic oxidation sites excluding steroid dienone is 1. The first-order valence-electron chi connectivity index (χ1n) is 11.1. The largest absolute Gasteiger partial charge is 0.485 e. The van der Waals surface area contributed by atoms with Crippen LogP contribution in [0.3, 0.4) is 0 Å². The highest BCUT2D eigenvalue weighted by Gasteiger charge is 2.26. The van der Waals surface area contributed by atoms with E-state index >= 15 is 0 Å². The zero-order valence-electron chi connectivity index (χ0n) is 18.5. The quantitative estimate of drug-likeness (QED) is 0.237. The fourth-order valence-corrected chi connectivity index (χ4v) is 4.54. The highest BCUT2D eigenvalue weighted by atomic mass is 32.1. The number of anilines is 1. The van der Waals surface area contributed by atoms with Crippen LogP contribution in [0.4, 0.5) is 5.69 Å². The van der Waals surface area contributed by atoms with Gasteiger partial charge in [0.05, 0.1) is 34.8 Å². The maximum absolute atomic E-state index is 5.97. The molecule has 0 saturated carbocycles. The highest BCUT2D eigenvalue weighted by molar-refractivity contribution is 7.15. The standard InChI is InChI=1S/C27H26N2O3S/c1-2-6-20-9-11-21(12-10-20)13-14-24-26-27(31-16-15-30-26)25(33-24)17-28-29(18-23-19-32-23)22-7-4-3-5-8-22/h2-14,17,23H,15-16,18-19H2,1H3. The summed E-state index contributed by atoms with van der Waals surface area (Å²) >= 11 is 1.62. The summed E-state index contributed by atoms with van der Waals surface area (Å²) < 4.78 is 17.4. The van der Waals surface area contributed by atoms with Gasteiger partial charge in [0.1, 0.15) is 19.3 Å². The van der Waals surface area contributed by atoms with Gasteiger partial charge in [-0.05, 0) is 36.3 Å². The molecule has 1 saturated heterocycles. The average molecular weight is 459 g/mol. The minimum atomic E-state index is 0.233. The molecule has 33 heavy (non-hydrogen) atoms. The van der Waals surface area contributed by atoms with Crippen LogP contribution in [0.15, 0.2) is 65.8 Å². The number of hydrogen-bond acceptors (Lipinski definition) is 6. The molecule has 1 unspecified atom stereocenters. The second kappa shape index (κ2) is 10.1. The third kappa shape index (κ3) is 5.35. The number of ether oxygens (including phenoxy) is 3. The maximum atomic E-state index is 5.97. The van der Waals surface area contributed by atoms with Crippen molar-refractivity contribution in [2.75, 3.05) is 31.4 Å². The Bertz CT molecular complexity index is 1160. The van der Waals surface area contributed by atoms with Crippen molar-refractivity contribution in [2.24, 2.45) is 5.10 Å². The molecule has 0 N–H and O–H groups in total. The van der Waals surface area contributed by atoms with E-state index in [1.54, 1.807) is 11.3 Å². The molecule has 6 heteroatoms. The molecule has 2 aliphatic heterocycles. The minimum Gasteiger partial charge on any atom is -0.485 e. The molecule has 1 atom stereocenters. The lowest BCUT2D eigenvalue weighted by Crippen LogP contribution is -2.22. The molecule has 0 amide bonds. The first kappa shape index (κ1) is 21.5. The van der Waals surface area contributed by atoms with Crippen LogP contribution in [0.1, 0.15) is 27.8 Å². The number of hydrazone groups is 1. The molecule has 0 aliphatic carbocycles. The van der Waals surface area contributed by atoms with Gasteiger partial charge in [0, 0.05) is 0 Å². The van der Waals surface area contributed by atoms with Crippen LogP contribution in [0, 0.1) is 0 Å². The summed E-state index contributed by atoms with van der Waals surface area (Å²) in [4.78, 5) is 1.98. The van der Waals surface area contributed by atoms with Crippen molar-refractivity contribution in [3.05, 3.63) is 81.6 Å². The summed E-state index contributed by atoms with van der Waals surface area (Å²) in [6.07, 6.45) is 10.4. The minimum absolute atomic E-state index is 0.233. The van der Waals surface area contributed by atoms with Crippen molar-refractivity contribution in [2.45, 2.75) is 13.0 Å². The Kier molecular flexibility index (Phi) is 6.56. The Labute approximate surface area is 198 Å². The number of hydrogen-bond donors (Lipinski definition) is 0. The Morgan fingerprint density at radius 2 is 1.58 bits per heavy atom. The zero-order chi connectivity index (χ0) is 22.5. The van der Waals surface area contributed by atoms with Crippen molar-refractivity contribution in [3.63, 3.8) is 0 Å². The normalized spacial score (nSPS) is 17.3. The van der Waals surface area contributed by atoms with E-state index in [2.05, 4.69) is 54.6 Å². The molecule has 3 heterocycles. The van der Waals surface area contributed by atoms with Crippen LogP contribution >= 0.6 is 11.3 Å². The molecule has 5 rings (SSSR count). The average Bonchev–Trinajstić information content (AvgIpc) is 3.62. The molecule has 0 radical (unpaired) electrons. The van der Waals surface area contributed by atoms with E-state index in [1.807, 2.05) is 42.4 Å². The summed E-state index contributed by atoms with van der Waals surface area (Å²) in [6.45, 7) is 4.62. The molecule has 1 aromatic heterocycles. The van der Waals surface area contributed by atoms with Crippen molar-refractivity contribution >= 4 is 41.5 Å². The lowest BCUT2D eigenvalue weighted by Gasteiger charge is -2.18. The molecule has 168 valence electrons. The van der Waals surface area contributed by atoms with Gasteiger partial charge in [-0.2, -0.15) is 5.10 Å². The molecule has 0 spiro atoms. The van der Waals surface area contributed by atoms with E-state index in [4.69, 9.17) is 19.3 Å². The molecule has 2 aromatic carbocycles. The second-order valence-electron chi connectivity index (χ2n) is 7.80. The lowest BCUT2D eigenvalue weighted by atomic mass is 10.1. The van der Waals surface area contributed by atoms with Crippen molar-refractivity contribution in [1.29, 1.82) is 0 Å². The number of thiophene rings is 1. The predicted octanol–water partition coefficient (Wildman–Crippen LogP) is 5.96. The van der Waals surface area contributed by atoms with E-state index in [-0.39, 0.29) is 6.10 Å². The summed E-state index contributed by atoms with van der Waals surface area (Å²) in [5, 5.41) is 6.77. The van der Waals surface area contributed by atoms with Gasteiger partial charge >= 0.3 is 0 Å². The first-order chi connectivity index (χ1) is 16.3. The van der Waals surface area contributed by atoms with Gasteiger partial charge in [0.15, 0.2) is 11.5 Å². The third-order valence-electron chi connectivity index (χ3n) is 5.32.